The second kappa shape index (κ2) is 8.86. The van der Waals surface area contributed by atoms with Gasteiger partial charge in [-0.15, -0.1) is 0 Å². The van der Waals surface area contributed by atoms with Gasteiger partial charge in [0.1, 0.15) is 30.1 Å². The first-order chi connectivity index (χ1) is 12.4. The number of ether oxygens (including phenoxy) is 1. The van der Waals surface area contributed by atoms with Crippen LogP contribution in [0.25, 0.3) is 0 Å². The third-order valence-corrected chi connectivity index (χ3v) is 3.48. The Hall–Kier alpha value is -3.07. The number of nitrogens with one attached hydrogen (secondary N) is 2. The van der Waals surface area contributed by atoms with Crippen molar-refractivity contribution in [2.75, 3.05) is 13.7 Å². The SMILES string of the molecule is COC(=O)CNC(=O)c1cc(C(=O)NCc2ccc(F)c(Cl)c2)ncn1. The minimum Gasteiger partial charge on any atom is -0.468 e. The molecule has 0 saturated carbocycles. The number of hydrogen-bond donors (Lipinski definition) is 2. The predicted octanol–water partition coefficient (Wildman–Crippen LogP) is 1.10. The first kappa shape index (κ1) is 19.3. The second-order valence-corrected chi connectivity index (χ2v) is 5.39. The molecule has 0 bridgehead atoms. The summed E-state index contributed by atoms with van der Waals surface area (Å²) in [5.41, 5.74) is 0.463. The Balaban J connectivity index is 1.99. The van der Waals surface area contributed by atoms with E-state index in [1.807, 2.05) is 0 Å². The zero-order valence-electron chi connectivity index (χ0n) is 13.6. The van der Waals surface area contributed by atoms with Crippen molar-refractivity contribution in [1.82, 2.24) is 20.6 Å². The van der Waals surface area contributed by atoms with Gasteiger partial charge in [-0.25, -0.2) is 14.4 Å². The molecule has 136 valence electrons. The largest absolute Gasteiger partial charge is 0.468 e. The number of hydrogen-bond acceptors (Lipinski definition) is 6. The minimum atomic E-state index is -0.655. The molecule has 1 aromatic heterocycles. The smallest absolute Gasteiger partial charge is 0.325 e. The van der Waals surface area contributed by atoms with Gasteiger partial charge < -0.3 is 15.4 Å². The number of esters is 1. The van der Waals surface area contributed by atoms with Gasteiger partial charge in [-0.05, 0) is 17.7 Å². The van der Waals surface area contributed by atoms with Crippen molar-refractivity contribution in [2.45, 2.75) is 6.54 Å². The fraction of sp³-hybridized carbons (Fsp3) is 0.188. The Morgan fingerprint density at radius 1 is 1.12 bits per heavy atom. The molecule has 0 saturated heterocycles. The zero-order valence-corrected chi connectivity index (χ0v) is 14.3. The Labute approximate surface area is 152 Å². The molecule has 0 unspecified atom stereocenters. The highest BCUT2D eigenvalue weighted by Gasteiger charge is 2.14. The lowest BCUT2D eigenvalue weighted by Crippen LogP contribution is -2.31. The maximum Gasteiger partial charge on any atom is 0.325 e. The summed E-state index contributed by atoms with van der Waals surface area (Å²) in [5, 5.41) is 4.82. The number of aromatic nitrogens is 2. The molecular formula is C16H14ClFN4O4. The minimum absolute atomic E-state index is 0.0450. The van der Waals surface area contributed by atoms with Gasteiger partial charge in [-0.3, -0.25) is 14.4 Å². The number of benzene rings is 1. The molecule has 10 heteroatoms. The van der Waals surface area contributed by atoms with E-state index in [-0.39, 0.29) is 29.5 Å². The summed E-state index contributed by atoms with van der Waals surface area (Å²) in [7, 11) is 1.19. The van der Waals surface area contributed by atoms with Crippen LogP contribution in [0.5, 0.6) is 0 Å². The molecule has 2 N–H and O–H groups in total. The Morgan fingerprint density at radius 3 is 2.38 bits per heavy atom. The van der Waals surface area contributed by atoms with Crippen LogP contribution in [-0.4, -0.2) is 41.4 Å². The Morgan fingerprint density at radius 2 is 1.77 bits per heavy atom. The van der Waals surface area contributed by atoms with Crippen LogP contribution in [0.4, 0.5) is 4.39 Å². The van der Waals surface area contributed by atoms with E-state index in [0.717, 1.165) is 6.33 Å². The summed E-state index contributed by atoms with van der Waals surface area (Å²) in [6.45, 7) is -0.237. The Kier molecular flexibility index (Phi) is 6.56. The van der Waals surface area contributed by atoms with Gasteiger partial charge >= 0.3 is 5.97 Å². The van der Waals surface area contributed by atoms with E-state index in [1.165, 1.54) is 31.4 Å². The van der Waals surface area contributed by atoms with Crippen molar-refractivity contribution in [3.8, 4) is 0 Å². The van der Waals surface area contributed by atoms with Gasteiger partial charge in [-0.2, -0.15) is 0 Å². The third kappa shape index (κ3) is 5.21. The molecule has 0 fully saturated rings. The summed E-state index contributed by atoms with van der Waals surface area (Å²) in [5.74, 6) is -2.39. The average molecular weight is 381 g/mol. The molecule has 2 rings (SSSR count). The lowest BCUT2D eigenvalue weighted by Gasteiger charge is -2.07. The lowest BCUT2D eigenvalue weighted by molar-refractivity contribution is -0.139. The average Bonchev–Trinajstić information content (AvgIpc) is 2.66. The fourth-order valence-electron chi connectivity index (χ4n) is 1.84. The highest BCUT2D eigenvalue weighted by atomic mass is 35.5. The van der Waals surface area contributed by atoms with Crippen LogP contribution in [0.2, 0.25) is 5.02 Å². The molecule has 2 amide bonds. The van der Waals surface area contributed by atoms with Crippen molar-refractivity contribution in [3.63, 3.8) is 0 Å². The molecule has 1 heterocycles. The number of carbonyl (C=O) groups excluding carboxylic acids is 3. The molecule has 0 atom stereocenters. The topological polar surface area (TPSA) is 110 Å². The van der Waals surface area contributed by atoms with Gasteiger partial charge in [0.25, 0.3) is 11.8 Å². The van der Waals surface area contributed by atoms with Crippen LogP contribution in [0.15, 0.2) is 30.6 Å². The molecule has 0 aliphatic heterocycles. The summed E-state index contributed by atoms with van der Waals surface area (Å²) < 4.78 is 17.5. The highest BCUT2D eigenvalue weighted by Crippen LogP contribution is 2.15. The van der Waals surface area contributed by atoms with Gasteiger partial charge in [0, 0.05) is 12.6 Å². The van der Waals surface area contributed by atoms with Crippen molar-refractivity contribution >= 4 is 29.4 Å². The van der Waals surface area contributed by atoms with Crippen LogP contribution in [0.3, 0.4) is 0 Å². The maximum absolute atomic E-state index is 13.1. The van der Waals surface area contributed by atoms with E-state index in [2.05, 4.69) is 25.3 Å². The van der Waals surface area contributed by atoms with E-state index in [4.69, 9.17) is 11.6 Å². The van der Waals surface area contributed by atoms with E-state index in [0.29, 0.717) is 5.56 Å². The predicted molar refractivity (Wildman–Crippen MR) is 89.0 cm³/mol. The third-order valence-electron chi connectivity index (χ3n) is 3.19. The van der Waals surface area contributed by atoms with Crippen LogP contribution in [-0.2, 0) is 16.1 Å². The van der Waals surface area contributed by atoms with Crippen LogP contribution < -0.4 is 10.6 Å². The quantitative estimate of drug-likeness (QED) is 0.726. The molecular weight excluding hydrogens is 367 g/mol. The van der Waals surface area contributed by atoms with Crippen molar-refractivity contribution in [2.24, 2.45) is 0 Å². The molecule has 0 radical (unpaired) electrons. The van der Waals surface area contributed by atoms with E-state index >= 15 is 0 Å². The molecule has 26 heavy (non-hydrogen) atoms. The van der Waals surface area contributed by atoms with Gasteiger partial charge in [-0.1, -0.05) is 17.7 Å². The lowest BCUT2D eigenvalue weighted by atomic mass is 10.2. The first-order valence-corrected chi connectivity index (χ1v) is 7.67. The first-order valence-electron chi connectivity index (χ1n) is 7.30. The van der Waals surface area contributed by atoms with E-state index < -0.39 is 23.6 Å². The molecule has 2 aromatic rings. The second-order valence-electron chi connectivity index (χ2n) is 4.98. The summed E-state index contributed by atoms with van der Waals surface area (Å²) >= 11 is 5.68. The number of methoxy groups -OCH3 is 1. The van der Waals surface area contributed by atoms with Crippen LogP contribution in [0, 0.1) is 5.82 Å². The highest BCUT2D eigenvalue weighted by molar-refractivity contribution is 6.30. The van der Waals surface area contributed by atoms with Gasteiger partial charge in [0.2, 0.25) is 0 Å². The fourth-order valence-corrected chi connectivity index (χ4v) is 2.05. The molecule has 0 aliphatic carbocycles. The van der Waals surface area contributed by atoms with Crippen molar-refractivity contribution < 1.29 is 23.5 Å². The number of rotatable bonds is 6. The molecule has 1 aromatic carbocycles. The number of amides is 2. The number of halogens is 2. The van der Waals surface area contributed by atoms with E-state index in [9.17, 15) is 18.8 Å². The summed E-state index contributed by atoms with van der Waals surface area (Å²) in [4.78, 5) is 42.6. The zero-order chi connectivity index (χ0) is 19.1. The van der Waals surface area contributed by atoms with Crippen LogP contribution in [0.1, 0.15) is 26.5 Å². The van der Waals surface area contributed by atoms with Crippen molar-refractivity contribution in [1.29, 1.82) is 0 Å². The molecule has 0 spiro atoms. The normalized spacial score (nSPS) is 10.1. The maximum atomic E-state index is 13.1. The molecule has 8 nitrogen and oxygen atoms in total. The standard InChI is InChI=1S/C16H14ClFN4O4/c1-26-14(23)7-20-16(25)13-5-12(21-8-22-13)15(24)19-6-9-2-3-11(18)10(17)4-9/h2-5,8H,6-7H2,1H3,(H,19,24)(H,20,25). The van der Waals surface area contributed by atoms with Gasteiger partial charge in [0.05, 0.1) is 12.1 Å². The van der Waals surface area contributed by atoms with Crippen molar-refractivity contribution in [3.05, 3.63) is 58.4 Å². The summed E-state index contributed by atoms with van der Waals surface area (Å²) in [6.07, 6.45) is 1.05. The van der Waals surface area contributed by atoms with Gasteiger partial charge in [0.15, 0.2) is 0 Å². The number of nitrogens with zero attached hydrogens (tertiary/aromatic N) is 2. The van der Waals surface area contributed by atoms with E-state index in [1.54, 1.807) is 0 Å². The molecule has 0 aliphatic rings. The summed E-state index contributed by atoms with van der Waals surface area (Å²) in [6, 6.07) is 5.24. The monoisotopic (exact) mass is 380 g/mol. The Bertz CT molecular complexity index is 847. The number of carbonyl (C=O) groups is 3. The van der Waals surface area contributed by atoms with Crippen LogP contribution >= 0.6 is 11.6 Å².